The van der Waals surface area contributed by atoms with E-state index in [0.717, 1.165) is 12.6 Å². The van der Waals surface area contributed by atoms with Crippen molar-refractivity contribution >= 4 is 40.3 Å². The first-order valence-corrected chi connectivity index (χ1v) is 8.73. The Balaban J connectivity index is 2.33. The average Bonchev–Trinajstić information content (AvgIpc) is 2.66. The van der Waals surface area contributed by atoms with Crippen LogP contribution in [-0.4, -0.2) is 38.0 Å². The molecule has 0 aliphatic rings. The molecular formula is C19H22N4O5. The fourth-order valence-electron chi connectivity index (χ4n) is 2.47. The monoisotopic (exact) mass is 386 g/mol. The highest BCUT2D eigenvalue weighted by atomic mass is 16.4. The highest BCUT2D eigenvalue weighted by molar-refractivity contribution is 6.12. The Morgan fingerprint density at radius 1 is 1.14 bits per heavy atom. The van der Waals surface area contributed by atoms with Crippen molar-refractivity contribution in [1.82, 2.24) is 9.97 Å². The van der Waals surface area contributed by atoms with Crippen LogP contribution in [-0.2, 0) is 14.4 Å². The van der Waals surface area contributed by atoms with Crippen molar-refractivity contribution in [3.05, 3.63) is 36.3 Å². The van der Waals surface area contributed by atoms with Crippen molar-refractivity contribution in [2.75, 3.05) is 10.6 Å². The second-order valence-corrected chi connectivity index (χ2v) is 6.43. The minimum absolute atomic E-state index is 0.112. The van der Waals surface area contributed by atoms with Crippen molar-refractivity contribution < 1.29 is 24.6 Å². The Hall–Kier alpha value is -3.49. The number of benzene rings is 1. The van der Waals surface area contributed by atoms with Crippen molar-refractivity contribution in [3.63, 3.8) is 0 Å². The lowest BCUT2D eigenvalue weighted by molar-refractivity contribution is -0.140. The normalized spacial score (nSPS) is 12.7. The van der Waals surface area contributed by atoms with E-state index < -0.39 is 17.5 Å². The molecule has 2 unspecified atom stereocenters. The van der Waals surface area contributed by atoms with Gasteiger partial charge in [-0.1, -0.05) is 27.2 Å². The van der Waals surface area contributed by atoms with Gasteiger partial charge in [0.25, 0.3) is 0 Å². The Kier molecular flexibility index (Phi) is 6.64. The summed E-state index contributed by atoms with van der Waals surface area (Å²) in [4.78, 5) is 42.5. The molecule has 0 fully saturated rings. The van der Waals surface area contributed by atoms with Crippen molar-refractivity contribution in [3.8, 4) is 0 Å². The van der Waals surface area contributed by atoms with E-state index >= 15 is 0 Å². The van der Waals surface area contributed by atoms with Crippen molar-refractivity contribution in [1.29, 1.82) is 0 Å². The molecule has 0 spiro atoms. The molecule has 9 heteroatoms. The fraction of sp³-hybridized carbons (Fsp3) is 0.316. The number of aliphatic carboxylic acids is 2. The van der Waals surface area contributed by atoms with Crippen LogP contribution < -0.4 is 10.6 Å². The standard InChI is InChI=1S/C19H22N4O5/c1-4-10(2)11(3)17(24)23-12-5-6-15-13(7-12)16(22-9-21-15)20-8-14(18(25)26)19(27)28/h5-11H,4H2,1-3H3,(H,23,24)(H,25,26)(H,27,28)(H,20,21,22). The summed E-state index contributed by atoms with van der Waals surface area (Å²) in [5, 5.41) is 23.8. The summed E-state index contributed by atoms with van der Waals surface area (Å²) in [5.74, 6) is -2.98. The van der Waals surface area contributed by atoms with Crippen LogP contribution in [0.3, 0.4) is 0 Å². The second-order valence-electron chi connectivity index (χ2n) is 6.43. The number of nitrogens with one attached hydrogen (secondary N) is 2. The number of nitrogens with zero attached hydrogens (tertiary/aromatic N) is 2. The first-order valence-electron chi connectivity index (χ1n) is 8.73. The van der Waals surface area contributed by atoms with Crippen molar-refractivity contribution in [2.24, 2.45) is 11.8 Å². The predicted molar refractivity (Wildman–Crippen MR) is 104 cm³/mol. The summed E-state index contributed by atoms with van der Waals surface area (Å²) in [6.45, 7) is 5.90. The largest absolute Gasteiger partial charge is 0.477 e. The SMILES string of the molecule is CCC(C)C(C)C(=O)Nc1ccc2ncnc(NC=C(C(=O)O)C(=O)O)c2c1. The number of fused-ring (bicyclic) bond motifs is 1. The summed E-state index contributed by atoms with van der Waals surface area (Å²) in [5.41, 5.74) is 0.246. The van der Waals surface area contributed by atoms with Gasteiger partial charge in [0, 0.05) is 23.2 Å². The maximum absolute atomic E-state index is 12.4. The summed E-state index contributed by atoms with van der Waals surface area (Å²) in [7, 11) is 0. The zero-order valence-electron chi connectivity index (χ0n) is 15.8. The molecule has 0 radical (unpaired) electrons. The van der Waals surface area contributed by atoms with Gasteiger partial charge in [0.1, 0.15) is 12.1 Å². The quantitative estimate of drug-likeness (QED) is 0.308. The lowest BCUT2D eigenvalue weighted by atomic mass is 9.93. The molecule has 2 atom stereocenters. The maximum atomic E-state index is 12.4. The summed E-state index contributed by atoms with van der Waals surface area (Å²) < 4.78 is 0. The number of rotatable bonds is 8. The van der Waals surface area contributed by atoms with Gasteiger partial charge in [0.05, 0.1) is 5.52 Å². The van der Waals surface area contributed by atoms with Gasteiger partial charge < -0.3 is 20.8 Å². The van der Waals surface area contributed by atoms with Crippen LogP contribution >= 0.6 is 0 Å². The number of amides is 1. The van der Waals surface area contributed by atoms with Crippen LogP contribution in [0.2, 0.25) is 0 Å². The highest BCUT2D eigenvalue weighted by Gasteiger charge is 2.19. The van der Waals surface area contributed by atoms with Crippen LogP contribution in [0.25, 0.3) is 10.9 Å². The topological polar surface area (TPSA) is 142 Å². The van der Waals surface area contributed by atoms with E-state index in [1.807, 2.05) is 20.8 Å². The molecule has 1 aromatic carbocycles. The molecule has 28 heavy (non-hydrogen) atoms. The van der Waals surface area contributed by atoms with Gasteiger partial charge in [-0.3, -0.25) is 4.79 Å². The van der Waals surface area contributed by atoms with E-state index in [4.69, 9.17) is 10.2 Å². The summed E-state index contributed by atoms with van der Waals surface area (Å²) in [6.07, 6.45) is 3.00. The first-order chi connectivity index (χ1) is 13.2. The minimum Gasteiger partial charge on any atom is -0.477 e. The van der Waals surface area contributed by atoms with Gasteiger partial charge in [-0.2, -0.15) is 0 Å². The Labute approximate surface area is 161 Å². The molecule has 2 rings (SSSR count). The molecule has 2 aromatic rings. The minimum atomic E-state index is -1.58. The van der Waals surface area contributed by atoms with Crippen LogP contribution in [0.4, 0.5) is 11.5 Å². The van der Waals surface area contributed by atoms with E-state index in [0.29, 0.717) is 16.6 Å². The van der Waals surface area contributed by atoms with Gasteiger partial charge in [0.15, 0.2) is 5.57 Å². The van der Waals surface area contributed by atoms with Gasteiger partial charge in [0.2, 0.25) is 5.91 Å². The molecule has 1 amide bonds. The number of carbonyl (C=O) groups excluding carboxylic acids is 1. The molecule has 1 aromatic heterocycles. The number of hydrogen-bond acceptors (Lipinski definition) is 6. The molecule has 4 N–H and O–H groups in total. The number of aromatic nitrogens is 2. The number of carboxylic acids is 2. The molecule has 9 nitrogen and oxygen atoms in total. The van der Waals surface area contributed by atoms with E-state index in [-0.39, 0.29) is 23.6 Å². The molecule has 148 valence electrons. The second kappa shape index (κ2) is 8.94. The molecule has 0 saturated heterocycles. The van der Waals surface area contributed by atoms with E-state index in [1.54, 1.807) is 18.2 Å². The van der Waals surface area contributed by atoms with Crippen LogP contribution in [0.1, 0.15) is 27.2 Å². The van der Waals surface area contributed by atoms with E-state index in [9.17, 15) is 14.4 Å². The van der Waals surface area contributed by atoms with Gasteiger partial charge in [-0.15, -0.1) is 0 Å². The Bertz CT molecular complexity index is 925. The highest BCUT2D eigenvalue weighted by Crippen LogP contribution is 2.24. The lowest BCUT2D eigenvalue weighted by Gasteiger charge is -2.18. The smallest absolute Gasteiger partial charge is 0.344 e. The molecule has 0 aliphatic carbocycles. The van der Waals surface area contributed by atoms with E-state index in [1.165, 1.54) is 6.33 Å². The molecule has 0 aliphatic heterocycles. The molecule has 1 heterocycles. The maximum Gasteiger partial charge on any atom is 0.344 e. The summed E-state index contributed by atoms with van der Waals surface area (Å²) >= 11 is 0. The number of anilines is 2. The fourth-order valence-corrected chi connectivity index (χ4v) is 2.47. The van der Waals surface area contributed by atoms with Crippen LogP contribution in [0.5, 0.6) is 0 Å². The zero-order chi connectivity index (χ0) is 20.8. The molecule has 0 bridgehead atoms. The van der Waals surface area contributed by atoms with Gasteiger partial charge in [-0.05, 0) is 24.1 Å². The third kappa shape index (κ3) is 4.81. The number of hydrogen-bond donors (Lipinski definition) is 4. The third-order valence-electron chi connectivity index (χ3n) is 4.63. The summed E-state index contributed by atoms with van der Waals surface area (Å²) in [6, 6.07) is 5.04. The molecule has 0 saturated carbocycles. The number of carboxylic acid groups (broad SMARTS) is 2. The van der Waals surface area contributed by atoms with E-state index in [2.05, 4.69) is 20.6 Å². The van der Waals surface area contributed by atoms with Crippen molar-refractivity contribution in [2.45, 2.75) is 27.2 Å². The number of carbonyl (C=O) groups is 3. The van der Waals surface area contributed by atoms with Gasteiger partial charge >= 0.3 is 11.9 Å². The predicted octanol–water partition coefficient (Wildman–Crippen LogP) is 2.72. The Morgan fingerprint density at radius 2 is 1.82 bits per heavy atom. The van der Waals surface area contributed by atoms with Crippen LogP contribution in [0, 0.1) is 11.8 Å². The average molecular weight is 386 g/mol. The molecular weight excluding hydrogens is 364 g/mol. The van der Waals surface area contributed by atoms with Crippen LogP contribution in [0.15, 0.2) is 36.3 Å². The van der Waals surface area contributed by atoms with Gasteiger partial charge in [-0.25, -0.2) is 19.6 Å². The third-order valence-corrected chi connectivity index (χ3v) is 4.63. The zero-order valence-corrected chi connectivity index (χ0v) is 15.8. The Morgan fingerprint density at radius 3 is 2.43 bits per heavy atom. The lowest BCUT2D eigenvalue weighted by Crippen LogP contribution is -2.25. The first kappa shape index (κ1) is 20.8.